The van der Waals surface area contributed by atoms with Crippen LogP contribution < -0.4 is 20.9 Å². The number of alkyl carbamates (subject to hydrolysis) is 1. The maximum atomic E-state index is 13.3. The minimum atomic E-state index is -1.14. The van der Waals surface area contributed by atoms with Crippen LogP contribution in [-0.2, 0) is 36.8 Å². The number of carboxylic acid groups (broad SMARTS) is 1. The molecule has 1 heterocycles. The van der Waals surface area contributed by atoms with E-state index in [9.17, 15) is 29.1 Å². The molecule has 326 valence electrons. The van der Waals surface area contributed by atoms with Gasteiger partial charge in [0, 0.05) is 29.4 Å². The number of ether oxygens (including phenoxy) is 4. The number of aromatic nitrogens is 1. The molecule has 15 nitrogen and oxygen atoms in total. The summed E-state index contributed by atoms with van der Waals surface area (Å²) in [6, 6.07) is 26.7. The lowest BCUT2D eigenvalue weighted by Crippen LogP contribution is -2.44. The largest absolute Gasteiger partial charge is 0.479 e. The lowest BCUT2D eigenvalue weighted by Gasteiger charge is -2.28. The number of rotatable bonds is 13. The Kier molecular flexibility index (Phi) is 14.8. The highest BCUT2D eigenvalue weighted by molar-refractivity contribution is 6.14. The number of pyridine rings is 1. The first-order chi connectivity index (χ1) is 29.3. The molecule has 15 heteroatoms. The number of benzene rings is 4. The van der Waals surface area contributed by atoms with Crippen LogP contribution in [0.15, 0.2) is 103 Å². The topological polar surface area (TPSA) is 195 Å². The number of carboxylic acids is 1. The average molecular weight is 848 g/mol. The summed E-state index contributed by atoms with van der Waals surface area (Å²) in [6.45, 7) is 13.9. The average Bonchev–Trinajstić information content (AvgIpc) is 3.19. The summed E-state index contributed by atoms with van der Waals surface area (Å²) in [5.74, 6) is -1.13. The highest BCUT2D eigenvalue weighted by Gasteiger charge is 2.34. The van der Waals surface area contributed by atoms with Gasteiger partial charge in [0.05, 0.1) is 12.6 Å². The zero-order valence-electron chi connectivity index (χ0n) is 36.1. The summed E-state index contributed by atoms with van der Waals surface area (Å²) in [4.78, 5) is 69.4. The first-order valence-corrected chi connectivity index (χ1v) is 20.0. The molecule has 0 saturated carbocycles. The first kappa shape index (κ1) is 45.9. The van der Waals surface area contributed by atoms with Crippen LogP contribution in [0.3, 0.4) is 0 Å². The number of fused-ring (bicyclic) bond motifs is 1. The fourth-order valence-corrected chi connectivity index (χ4v) is 6.24. The fraction of sp³-hybridized carbons (Fsp3) is 0.319. The molecule has 62 heavy (non-hydrogen) atoms. The van der Waals surface area contributed by atoms with Crippen LogP contribution in [0.1, 0.15) is 88.4 Å². The van der Waals surface area contributed by atoms with Crippen molar-refractivity contribution in [2.45, 2.75) is 91.7 Å². The highest BCUT2D eigenvalue weighted by Crippen LogP contribution is 2.31. The van der Waals surface area contributed by atoms with Gasteiger partial charge in [0.25, 0.3) is 0 Å². The molecule has 4 aromatic carbocycles. The number of hydrogen-bond donors (Lipinski definition) is 4. The van der Waals surface area contributed by atoms with E-state index in [0.717, 1.165) is 27.2 Å². The van der Waals surface area contributed by atoms with Crippen LogP contribution >= 0.6 is 0 Å². The number of carbonyl (C=O) groups is 5. The second kappa shape index (κ2) is 19.9. The summed E-state index contributed by atoms with van der Waals surface area (Å²) in [5, 5.41) is 19.9. The Hall–Kier alpha value is -7.16. The van der Waals surface area contributed by atoms with Crippen LogP contribution in [0.2, 0.25) is 0 Å². The summed E-state index contributed by atoms with van der Waals surface area (Å²) in [7, 11) is 0. The number of amides is 4. The predicted octanol–water partition coefficient (Wildman–Crippen LogP) is 10.2. The van der Waals surface area contributed by atoms with Crippen LogP contribution in [-0.4, -0.2) is 58.2 Å². The summed E-state index contributed by atoms with van der Waals surface area (Å²) in [5.41, 5.74) is 2.88. The van der Waals surface area contributed by atoms with E-state index in [2.05, 4.69) is 20.9 Å². The SMILES string of the molecule is Cc1cc(C(Nc2ccc3c(N(C(=O)OC(C)(C)C)C(=O)OC(C)(C)C)nccc3c2)C(=O)O)ccc1CCOC(=O)Nc1cccc([C@H](C)NC(=O)OCc2ccccc2)c1. The standard InChI is InChI=1S/C47H53N5O10/c1-29-25-35(18-17-32(29)22-24-59-43(56)51-36-16-12-15-33(26-36)30(2)49-42(55)60-28-31-13-10-9-11-14-31)39(41(53)54)50-37-19-20-38-34(27-37)21-23-48-40(38)52(44(57)61-46(3,4)5)45(58)62-47(6,7)8/h9-21,23,25-27,30,39,50H,22,24,28H2,1-8H3,(H,49,55)(H,51,56)(H,53,54)/t30-,39?/m0/s1. The molecule has 0 fully saturated rings. The van der Waals surface area contributed by atoms with Crippen LogP contribution in [0.25, 0.3) is 10.8 Å². The highest BCUT2D eigenvalue weighted by atomic mass is 16.6. The van der Waals surface area contributed by atoms with Crippen molar-refractivity contribution in [3.8, 4) is 0 Å². The van der Waals surface area contributed by atoms with E-state index >= 15 is 0 Å². The molecule has 0 aliphatic rings. The third-order valence-electron chi connectivity index (χ3n) is 9.15. The van der Waals surface area contributed by atoms with Gasteiger partial charge in [0.1, 0.15) is 17.8 Å². The number of carbonyl (C=O) groups excluding carboxylic acids is 4. The van der Waals surface area contributed by atoms with Gasteiger partial charge >= 0.3 is 30.3 Å². The first-order valence-electron chi connectivity index (χ1n) is 20.0. The minimum Gasteiger partial charge on any atom is -0.479 e. The van der Waals surface area contributed by atoms with Crippen LogP contribution in [0, 0.1) is 6.92 Å². The zero-order valence-corrected chi connectivity index (χ0v) is 36.1. The molecular formula is C47H53N5O10. The maximum absolute atomic E-state index is 13.3. The second-order valence-corrected chi connectivity index (χ2v) is 16.5. The van der Waals surface area contributed by atoms with E-state index in [0.29, 0.717) is 34.1 Å². The number of aryl methyl sites for hydroxylation is 1. The van der Waals surface area contributed by atoms with E-state index in [1.807, 2.05) is 43.3 Å². The van der Waals surface area contributed by atoms with E-state index in [4.69, 9.17) is 18.9 Å². The molecule has 0 radical (unpaired) electrons. The monoisotopic (exact) mass is 847 g/mol. The molecule has 0 aliphatic heterocycles. The zero-order chi connectivity index (χ0) is 45.2. The van der Waals surface area contributed by atoms with Crippen molar-refractivity contribution in [3.05, 3.63) is 131 Å². The molecule has 0 saturated heterocycles. The Morgan fingerprint density at radius 3 is 2.08 bits per heavy atom. The third-order valence-corrected chi connectivity index (χ3v) is 9.15. The van der Waals surface area contributed by atoms with Gasteiger partial charge in [-0.2, -0.15) is 4.90 Å². The molecule has 1 aromatic heterocycles. The van der Waals surface area contributed by atoms with Gasteiger partial charge in [-0.15, -0.1) is 0 Å². The molecule has 1 unspecified atom stereocenters. The van der Waals surface area contributed by atoms with Crippen molar-refractivity contribution in [1.29, 1.82) is 0 Å². The molecule has 5 rings (SSSR count). The minimum absolute atomic E-state index is 0.00714. The maximum Gasteiger partial charge on any atom is 0.425 e. The fourth-order valence-electron chi connectivity index (χ4n) is 6.24. The summed E-state index contributed by atoms with van der Waals surface area (Å²) < 4.78 is 21.8. The van der Waals surface area contributed by atoms with Gasteiger partial charge in [0.2, 0.25) is 0 Å². The van der Waals surface area contributed by atoms with Crippen molar-refractivity contribution in [3.63, 3.8) is 0 Å². The van der Waals surface area contributed by atoms with Gasteiger partial charge in [-0.3, -0.25) is 5.32 Å². The number of aliphatic carboxylic acids is 1. The number of hydrogen-bond acceptors (Lipinski definition) is 11. The lowest BCUT2D eigenvalue weighted by atomic mass is 9.98. The number of imide groups is 1. The Morgan fingerprint density at radius 1 is 0.742 bits per heavy atom. The van der Waals surface area contributed by atoms with Gasteiger partial charge in [-0.1, -0.05) is 60.7 Å². The van der Waals surface area contributed by atoms with Gasteiger partial charge < -0.3 is 34.7 Å². The Bertz CT molecular complexity index is 2380. The number of nitrogens with one attached hydrogen (secondary N) is 3. The molecule has 0 aliphatic carbocycles. The number of nitrogens with zero attached hydrogens (tertiary/aromatic N) is 2. The summed E-state index contributed by atoms with van der Waals surface area (Å²) >= 11 is 0. The predicted molar refractivity (Wildman–Crippen MR) is 235 cm³/mol. The van der Waals surface area contributed by atoms with E-state index in [1.54, 1.807) is 109 Å². The smallest absolute Gasteiger partial charge is 0.425 e. The molecule has 4 N–H and O–H groups in total. The molecule has 2 atom stereocenters. The van der Waals surface area contributed by atoms with Crippen molar-refractivity contribution < 1.29 is 48.0 Å². The lowest BCUT2D eigenvalue weighted by molar-refractivity contribution is -0.138. The van der Waals surface area contributed by atoms with E-state index in [1.165, 1.54) is 6.20 Å². The van der Waals surface area contributed by atoms with E-state index < -0.39 is 53.6 Å². The normalized spacial score (nSPS) is 12.3. The molecule has 4 amide bonds. The molecular weight excluding hydrogens is 795 g/mol. The Labute approximate surface area is 360 Å². The molecule has 0 spiro atoms. The third kappa shape index (κ3) is 13.2. The van der Waals surface area contributed by atoms with Crippen molar-refractivity contribution in [2.24, 2.45) is 0 Å². The molecule has 5 aromatic rings. The quantitative estimate of drug-likeness (QED) is 0.0820. The Balaban J connectivity index is 1.19. The van der Waals surface area contributed by atoms with E-state index in [-0.39, 0.29) is 19.0 Å². The van der Waals surface area contributed by atoms with Crippen molar-refractivity contribution in [1.82, 2.24) is 10.3 Å². The van der Waals surface area contributed by atoms with Gasteiger partial charge in [-0.25, -0.2) is 29.0 Å². The van der Waals surface area contributed by atoms with Gasteiger partial charge in [0.15, 0.2) is 11.9 Å². The van der Waals surface area contributed by atoms with Crippen molar-refractivity contribution >= 4 is 58.3 Å². The van der Waals surface area contributed by atoms with Crippen LogP contribution in [0.4, 0.5) is 36.4 Å². The van der Waals surface area contributed by atoms with Crippen molar-refractivity contribution in [2.75, 3.05) is 22.1 Å². The number of anilines is 3. The van der Waals surface area contributed by atoms with Crippen LogP contribution in [0.5, 0.6) is 0 Å². The molecule has 0 bridgehead atoms. The van der Waals surface area contributed by atoms with Gasteiger partial charge in [-0.05, 0) is 125 Å². The Morgan fingerprint density at radius 2 is 1.44 bits per heavy atom. The second-order valence-electron chi connectivity index (χ2n) is 16.5. The summed E-state index contributed by atoms with van der Waals surface area (Å²) in [6.07, 6.45) is -1.34.